The van der Waals surface area contributed by atoms with Crippen LogP contribution in [-0.4, -0.2) is 24.1 Å². The van der Waals surface area contributed by atoms with Gasteiger partial charge in [-0.1, -0.05) is 0 Å². The average Bonchev–Trinajstić information content (AvgIpc) is 2.16. The Morgan fingerprint density at radius 3 is 2.80 bits per heavy atom. The highest BCUT2D eigenvalue weighted by Gasteiger charge is 2.27. The van der Waals surface area contributed by atoms with Crippen LogP contribution in [0.4, 0.5) is 13.2 Å². The summed E-state index contributed by atoms with van der Waals surface area (Å²) in [6.07, 6.45) is -3.51. The molecule has 15 heavy (non-hydrogen) atoms. The predicted octanol–water partition coefficient (Wildman–Crippen LogP) is 2.23. The van der Waals surface area contributed by atoms with Gasteiger partial charge in [-0.15, -0.1) is 0 Å². The van der Waals surface area contributed by atoms with E-state index in [9.17, 15) is 18.0 Å². The molecule has 0 saturated carbocycles. The van der Waals surface area contributed by atoms with Crippen LogP contribution >= 0.6 is 0 Å². The van der Waals surface area contributed by atoms with Crippen molar-refractivity contribution in [3.63, 3.8) is 0 Å². The highest BCUT2D eigenvalue weighted by Crippen LogP contribution is 2.20. The standard InChI is InChI=1S/C9H8F3NO2/c10-9(11,12)3-5-15-8-7(6-14)2-1-4-13-8/h1-2,4,6H,3,5H2. The maximum atomic E-state index is 11.8. The number of nitrogens with zero attached hydrogens (tertiary/aromatic N) is 1. The number of halogens is 3. The molecular formula is C9H8F3NO2. The smallest absolute Gasteiger partial charge is 0.392 e. The lowest BCUT2D eigenvalue weighted by Crippen LogP contribution is -2.13. The summed E-state index contributed by atoms with van der Waals surface area (Å²) in [5.74, 6) is -0.0725. The first-order valence-corrected chi connectivity index (χ1v) is 4.12. The molecule has 0 atom stereocenters. The second-order valence-electron chi connectivity index (χ2n) is 2.73. The van der Waals surface area contributed by atoms with Gasteiger partial charge in [0.05, 0.1) is 18.6 Å². The average molecular weight is 219 g/mol. The van der Waals surface area contributed by atoms with Crippen molar-refractivity contribution in [3.05, 3.63) is 23.9 Å². The summed E-state index contributed by atoms with van der Waals surface area (Å²) >= 11 is 0. The van der Waals surface area contributed by atoms with Crippen molar-refractivity contribution in [2.75, 3.05) is 6.61 Å². The predicted molar refractivity (Wildman–Crippen MR) is 45.8 cm³/mol. The normalized spacial score (nSPS) is 11.1. The van der Waals surface area contributed by atoms with Crippen LogP contribution in [0.15, 0.2) is 18.3 Å². The highest BCUT2D eigenvalue weighted by atomic mass is 19.4. The van der Waals surface area contributed by atoms with Gasteiger partial charge in [-0.3, -0.25) is 4.79 Å². The third-order valence-electron chi connectivity index (χ3n) is 1.55. The van der Waals surface area contributed by atoms with Gasteiger partial charge in [-0.25, -0.2) is 4.98 Å². The Balaban J connectivity index is 2.54. The number of carbonyl (C=O) groups is 1. The summed E-state index contributed by atoms with van der Waals surface area (Å²) < 4.78 is 40.1. The van der Waals surface area contributed by atoms with E-state index < -0.39 is 19.2 Å². The van der Waals surface area contributed by atoms with Gasteiger partial charge in [-0.05, 0) is 12.1 Å². The minimum atomic E-state index is -4.27. The van der Waals surface area contributed by atoms with Crippen molar-refractivity contribution in [3.8, 4) is 5.88 Å². The van der Waals surface area contributed by atoms with Crippen molar-refractivity contribution < 1.29 is 22.7 Å². The number of aromatic nitrogens is 1. The van der Waals surface area contributed by atoms with Crippen LogP contribution in [-0.2, 0) is 0 Å². The van der Waals surface area contributed by atoms with E-state index in [0.717, 1.165) is 0 Å². The molecular weight excluding hydrogens is 211 g/mol. The van der Waals surface area contributed by atoms with E-state index in [0.29, 0.717) is 6.29 Å². The lowest BCUT2D eigenvalue weighted by atomic mass is 10.3. The summed E-state index contributed by atoms with van der Waals surface area (Å²) in [5, 5.41) is 0. The van der Waals surface area contributed by atoms with Crippen LogP contribution in [0.1, 0.15) is 16.8 Å². The largest absolute Gasteiger partial charge is 0.477 e. The van der Waals surface area contributed by atoms with Crippen molar-refractivity contribution >= 4 is 6.29 Å². The van der Waals surface area contributed by atoms with Gasteiger partial charge in [0.15, 0.2) is 6.29 Å². The maximum Gasteiger partial charge on any atom is 0.392 e. The molecule has 3 nitrogen and oxygen atoms in total. The molecule has 0 radical (unpaired) electrons. The first-order chi connectivity index (χ1) is 7.03. The maximum absolute atomic E-state index is 11.8. The molecule has 0 bridgehead atoms. The van der Waals surface area contributed by atoms with Crippen molar-refractivity contribution in [1.29, 1.82) is 0 Å². The number of pyridine rings is 1. The van der Waals surface area contributed by atoms with Crippen LogP contribution in [0.3, 0.4) is 0 Å². The SMILES string of the molecule is O=Cc1cccnc1OCCC(F)(F)F. The molecule has 1 rings (SSSR count). The Morgan fingerprint density at radius 2 is 2.20 bits per heavy atom. The van der Waals surface area contributed by atoms with E-state index in [4.69, 9.17) is 4.74 Å². The summed E-state index contributed by atoms with van der Waals surface area (Å²) in [6, 6.07) is 2.92. The zero-order valence-electron chi connectivity index (χ0n) is 7.62. The molecule has 0 aliphatic rings. The molecule has 0 unspecified atom stereocenters. The van der Waals surface area contributed by atoms with E-state index in [1.165, 1.54) is 18.3 Å². The number of ether oxygens (including phenoxy) is 1. The molecule has 82 valence electrons. The topological polar surface area (TPSA) is 39.2 Å². The fraction of sp³-hybridized carbons (Fsp3) is 0.333. The number of carbonyl (C=O) groups excluding carboxylic acids is 1. The van der Waals surface area contributed by atoms with E-state index in [1.54, 1.807) is 0 Å². The first kappa shape index (κ1) is 11.5. The van der Waals surface area contributed by atoms with Crippen molar-refractivity contribution in [2.24, 2.45) is 0 Å². The molecule has 1 aromatic heterocycles. The zero-order valence-corrected chi connectivity index (χ0v) is 7.62. The number of hydrogen-bond acceptors (Lipinski definition) is 3. The van der Waals surface area contributed by atoms with E-state index in [2.05, 4.69) is 4.98 Å². The quantitative estimate of drug-likeness (QED) is 0.729. The first-order valence-electron chi connectivity index (χ1n) is 4.12. The molecule has 1 aromatic rings. The fourth-order valence-corrected chi connectivity index (χ4v) is 0.877. The minimum absolute atomic E-state index is 0.0725. The summed E-state index contributed by atoms with van der Waals surface area (Å²) in [4.78, 5) is 14.1. The summed E-state index contributed by atoms with van der Waals surface area (Å²) in [7, 11) is 0. The Bertz CT molecular complexity index is 338. The fourth-order valence-electron chi connectivity index (χ4n) is 0.877. The molecule has 0 amide bonds. The molecule has 0 aliphatic heterocycles. The molecule has 0 N–H and O–H groups in total. The van der Waals surface area contributed by atoms with Gasteiger partial charge in [0.25, 0.3) is 0 Å². The number of alkyl halides is 3. The summed E-state index contributed by atoms with van der Waals surface area (Å²) in [5.41, 5.74) is 0.139. The van der Waals surface area contributed by atoms with Gasteiger partial charge in [0.1, 0.15) is 0 Å². The number of hydrogen-bond donors (Lipinski definition) is 0. The Morgan fingerprint density at radius 1 is 1.47 bits per heavy atom. The zero-order chi connectivity index (χ0) is 11.3. The molecule has 0 spiro atoms. The lowest BCUT2D eigenvalue weighted by molar-refractivity contribution is -0.139. The van der Waals surface area contributed by atoms with E-state index in [1.807, 2.05) is 0 Å². The molecule has 0 fully saturated rings. The van der Waals surface area contributed by atoms with Crippen LogP contribution in [0, 0.1) is 0 Å². The molecule has 6 heteroatoms. The van der Waals surface area contributed by atoms with Gasteiger partial charge in [0.2, 0.25) is 5.88 Å². The highest BCUT2D eigenvalue weighted by molar-refractivity contribution is 5.77. The third kappa shape index (κ3) is 3.97. The molecule has 1 heterocycles. The van der Waals surface area contributed by atoms with Gasteiger partial charge in [0, 0.05) is 6.20 Å². The van der Waals surface area contributed by atoms with Crippen LogP contribution in [0.2, 0.25) is 0 Å². The lowest BCUT2D eigenvalue weighted by Gasteiger charge is -2.08. The van der Waals surface area contributed by atoms with Crippen LogP contribution < -0.4 is 4.74 Å². The monoisotopic (exact) mass is 219 g/mol. The second kappa shape index (κ2) is 4.77. The van der Waals surface area contributed by atoms with Crippen molar-refractivity contribution in [2.45, 2.75) is 12.6 Å². The van der Waals surface area contributed by atoms with Crippen LogP contribution in [0.5, 0.6) is 5.88 Å². The molecule has 0 saturated heterocycles. The Labute approximate surface area is 83.9 Å². The van der Waals surface area contributed by atoms with Crippen molar-refractivity contribution in [1.82, 2.24) is 4.98 Å². The van der Waals surface area contributed by atoms with E-state index >= 15 is 0 Å². The van der Waals surface area contributed by atoms with Crippen LogP contribution in [0.25, 0.3) is 0 Å². The number of rotatable bonds is 4. The molecule has 0 aliphatic carbocycles. The Kier molecular flexibility index (Phi) is 3.65. The Hall–Kier alpha value is -1.59. The van der Waals surface area contributed by atoms with Gasteiger partial charge < -0.3 is 4.74 Å². The van der Waals surface area contributed by atoms with E-state index in [-0.39, 0.29) is 11.4 Å². The van der Waals surface area contributed by atoms with Gasteiger partial charge >= 0.3 is 6.18 Å². The number of aldehydes is 1. The summed E-state index contributed by atoms with van der Waals surface area (Å²) in [6.45, 7) is -0.540. The van der Waals surface area contributed by atoms with Gasteiger partial charge in [-0.2, -0.15) is 13.2 Å². The molecule has 0 aromatic carbocycles. The minimum Gasteiger partial charge on any atom is -0.477 e. The second-order valence-corrected chi connectivity index (χ2v) is 2.73. The third-order valence-corrected chi connectivity index (χ3v) is 1.55.